The molecule has 7 nitrogen and oxygen atoms in total. The van der Waals surface area contributed by atoms with Crippen molar-refractivity contribution in [2.24, 2.45) is 0 Å². The Balaban J connectivity index is 1.58. The van der Waals surface area contributed by atoms with Gasteiger partial charge in [0, 0.05) is 0 Å². The first-order valence-corrected chi connectivity index (χ1v) is 9.76. The first-order valence-electron chi connectivity index (χ1n) is 9.76. The third-order valence-corrected chi connectivity index (χ3v) is 5.98. The molecule has 0 saturated carbocycles. The molecule has 4 rings (SSSR count). The fraction of sp³-hybridized carbons (Fsp3) is 0.619. The van der Waals surface area contributed by atoms with Crippen molar-refractivity contribution in [2.75, 3.05) is 19.7 Å². The van der Waals surface area contributed by atoms with Gasteiger partial charge in [-0.25, -0.2) is 9.69 Å². The number of hydrogen-bond acceptors (Lipinski definition) is 6. The molecule has 0 radical (unpaired) electrons. The highest BCUT2D eigenvalue weighted by Crippen LogP contribution is 2.52. The number of rotatable bonds is 2. The van der Waals surface area contributed by atoms with Crippen molar-refractivity contribution in [1.29, 1.82) is 5.26 Å². The maximum atomic E-state index is 12.3. The van der Waals surface area contributed by atoms with Gasteiger partial charge in [-0.15, -0.1) is 0 Å². The monoisotopic (exact) mass is 385 g/mol. The van der Waals surface area contributed by atoms with E-state index in [-0.39, 0.29) is 25.4 Å². The van der Waals surface area contributed by atoms with Gasteiger partial charge in [-0.1, -0.05) is 30.3 Å². The third kappa shape index (κ3) is 2.87. The van der Waals surface area contributed by atoms with Crippen LogP contribution in [0.4, 0.5) is 4.79 Å². The SMILES string of the molecule is CC(C)(C)OC(=O)N1CC(O)([C@]2(C#N)CC[C@@H]3OC[C@H](c4ccccc4)N32)C1. The Kier molecular flexibility index (Phi) is 4.42. The van der Waals surface area contributed by atoms with E-state index in [9.17, 15) is 15.2 Å². The van der Waals surface area contributed by atoms with Gasteiger partial charge < -0.3 is 19.5 Å². The van der Waals surface area contributed by atoms with Crippen LogP contribution in [0.15, 0.2) is 30.3 Å². The van der Waals surface area contributed by atoms with E-state index in [2.05, 4.69) is 6.07 Å². The zero-order chi connectivity index (χ0) is 20.2. The molecule has 3 aliphatic heterocycles. The van der Waals surface area contributed by atoms with Crippen LogP contribution in [0.1, 0.15) is 45.2 Å². The van der Waals surface area contributed by atoms with E-state index in [0.717, 1.165) is 5.56 Å². The van der Waals surface area contributed by atoms with Crippen LogP contribution in [-0.4, -0.2) is 63.7 Å². The molecule has 1 amide bonds. The molecule has 28 heavy (non-hydrogen) atoms. The molecule has 0 aliphatic carbocycles. The molecular formula is C21H27N3O4. The topological polar surface area (TPSA) is 86.0 Å². The largest absolute Gasteiger partial charge is 0.444 e. The summed E-state index contributed by atoms with van der Waals surface area (Å²) in [6, 6.07) is 12.3. The van der Waals surface area contributed by atoms with Crippen LogP contribution in [0.25, 0.3) is 0 Å². The lowest BCUT2D eigenvalue weighted by Crippen LogP contribution is -2.77. The molecule has 3 fully saturated rings. The van der Waals surface area contributed by atoms with Crippen LogP contribution in [0.5, 0.6) is 0 Å². The second kappa shape index (κ2) is 6.45. The molecule has 0 bridgehead atoms. The smallest absolute Gasteiger partial charge is 0.410 e. The number of hydrogen-bond donors (Lipinski definition) is 1. The summed E-state index contributed by atoms with van der Waals surface area (Å²) in [5.74, 6) is 0. The summed E-state index contributed by atoms with van der Waals surface area (Å²) >= 11 is 0. The van der Waals surface area contributed by atoms with Crippen LogP contribution in [0.2, 0.25) is 0 Å². The van der Waals surface area contributed by atoms with Crippen LogP contribution in [-0.2, 0) is 9.47 Å². The van der Waals surface area contributed by atoms with E-state index < -0.39 is 22.8 Å². The average molecular weight is 385 g/mol. The number of amides is 1. The maximum Gasteiger partial charge on any atom is 0.410 e. The summed E-state index contributed by atoms with van der Waals surface area (Å²) in [5, 5.41) is 21.6. The second-order valence-corrected chi connectivity index (χ2v) is 9.00. The Morgan fingerprint density at radius 3 is 2.61 bits per heavy atom. The summed E-state index contributed by atoms with van der Waals surface area (Å²) in [6.07, 6.45) is 0.545. The molecule has 0 aromatic heterocycles. The molecule has 3 heterocycles. The number of benzene rings is 1. The van der Waals surface area contributed by atoms with Crippen molar-refractivity contribution in [3.05, 3.63) is 35.9 Å². The normalized spacial score (nSPS) is 31.8. The number of fused-ring (bicyclic) bond motifs is 1. The minimum Gasteiger partial charge on any atom is -0.444 e. The van der Waals surface area contributed by atoms with Crippen molar-refractivity contribution in [2.45, 2.75) is 62.6 Å². The van der Waals surface area contributed by atoms with Gasteiger partial charge in [0.25, 0.3) is 0 Å². The van der Waals surface area contributed by atoms with E-state index >= 15 is 0 Å². The fourth-order valence-electron chi connectivity index (χ4n) is 4.68. The lowest BCUT2D eigenvalue weighted by molar-refractivity contribution is -0.168. The summed E-state index contributed by atoms with van der Waals surface area (Å²) in [4.78, 5) is 15.8. The van der Waals surface area contributed by atoms with Crippen LogP contribution >= 0.6 is 0 Å². The van der Waals surface area contributed by atoms with Crippen LogP contribution in [0.3, 0.4) is 0 Å². The lowest BCUT2D eigenvalue weighted by Gasteiger charge is -2.55. The van der Waals surface area contributed by atoms with Gasteiger partial charge in [0.05, 0.1) is 31.8 Å². The van der Waals surface area contributed by atoms with Crippen molar-refractivity contribution < 1.29 is 19.4 Å². The second-order valence-electron chi connectivity index (χ2n) is 9.00. The maximum absolute atomic E-state index is 12.3. The number of nitrogens with zero attached hydrogens (tertiary/aromatic N) is 3. The van der Waals surface area contributed by atoms with Crippen molar-refractivity contribution in [3.63, 3.8) is 0 Å². The van der Waals surface area contributed by atoms with Crippen molar-refractivity contribution in [1.82, 2.24) is 9.80 Å². The molecule has 0 spiro atoms. The predicted molar refractivity (Wildman–Crippen MR) is 101 cm³/mol. The molecule has 1 aromatic rings. The van der Waals surface area contributed by atoms with Gasteiger partial charge in [-0.05, 0) is 39.2 Å². The average Bonchev–Trinajstić information content (AvgIpc) is 3.19. The Bertz CT molecular complexity index is 794. The summed E-state index contributed by atoms with van der Waals surface area (Å²) in [6.45, 7) is 6.08. The van der Waals surface area contributed by atoms with Crippen molar-refractivity contribution >= 4 is 6.09 Å². The Labute approximate surface area is 165 Å². The number of β-amino-alcohol motifs (C(OH)–C–C–N with tert-alkyl or cyclic N) is 1. The van der Waals surface area contributed by atoms with Crippen molar-refractivity contribution in [3.8, 4) is 6.07 Å². The molecule has 150 valence electrons. The fourth-order valence-corrected chi connectivity index (χ4v) is 4.68. The van der Waals surface area contributed by atoms with E-state index in [1.165, 1.54) is 4.90 Å². The quantitative estimate of drug-likeness (QED) is 0.841. The van der Waals surface area contributed by atoms with Crippen LogP contribution < -0.4 is 0 Å². The van der Waals surface area contributed by atoms with Gasteiger partial charge in [0.2, 0.25) is 0 Å². The summed E-state index contributed by atoms with van der Waals surface area (Å²) < 4.78 is 11.4. The minimum atomic E-state index is -1.31. The number of carbonyl (C=O) groups is 1. The van der Waals surface area contributed by atoms with Crippen LogP contribution in [0, 0.1) is 11.3 Å². The van der Waals surface area contributed by atoms with E-state index in [4.69, 9.17) is 9.47 Å². The Hall–Kier alpha value is -2.14. The number of likely N-dealkylation sites (tertiary alicyclic amines) is 1. The zero-order valence-corrected chi connectivity index (χ0v) is 16.6. The van der Waals surface area contributed by atoms with Gasteiger partial charge in [0.1, 0.15) is 23.0 Å². The van der Waals surface area contributed by atoms with Gasteiger partial charge in [-0.3, -0.25) is 0 Å². The van der Waals surface area contributed by atoms with E-state index in [0.29, 0.717) is 19.4 Å². The molecular weight excluding hydrogens is 358 g/mol. The Morgan fingerprint density at radius 1 is 1.32 bits per heavy atom. The summed E-state index contributed by atoms with van der Waals surface area (Å²) in [5.41, 5.74) is -1.93. The molecule has 1 N–H and O–H groups in total. The lowest BCUT2D eigenvalue weighted by atomic mass is 9.72. The van der Waals surface area contributed by atoms with E-state index in [1.54, 1.807) is 20.8 Å². The first-order chi connectivity index (χ1) is 13.2. The number of aliphatic hydroxyl groups is 1. The van der Waals surface area contributed by atoms with Gasteiger partial charge in [-0.2, -0.15) is 5.26 Å². The Morgan fingerprint density at radius 2 is 2.00 bits per heavy atom. The first kappa shape index (κ1) is 19.2. The highest BCUT2D eigenvalue weighted by molar-refractivity contribution is 5.70. The highest BCUT2D eigenvalue weighted by atomic mass is 16.6. The predicted octanol–water partition coefficient (Wildman–Crippen LogP) is 2.42. The zero-order valence-electron chi connectivity index (χ0n) is 16.6. The molecule has 1 aromatic carbocycles. The molecule has 0 unspecified atom stereocenters. The molecule has 3 aliphatic rings. The summed E-state index contributed by atoms with van der Waals surface area (Å²) in [7, 11) is 0. The number of carbonyl (C=O) groups excluding carboxylic acids is 1. The minimum absolute atomic E-state index is 0.0835. The standard InChI is InChI=1S/C21H27N3O4/c1-19(2,3)28-18(25)23-13-21(26,14-23)20(12-22)10-9-17-24(20)16(11-27-17)15-7-5-4-6-8-15/h4-8,16-17,26H,9-11,13-14H2,1-3H3/t16-,17+,20-/m1/s1. The van der Waals surface area contributed by atoms with Gasteiger partial charge in [0.15, 0.2) is 0 Å². The highest BCUT2D eigenvalue weighted by Gasteiger charge is 2.68. The number of nitriles is 1. The van der Waals surface area contributed by atoms with E-state index in [1.807, 2.05) is 35.2 Å². The molecule has 3 atom stereocenters. The molecule has 3 saturated heterocycles. The third-order valence-electron chi connectivity index (χ3n) is 5.98. The molecule has 7 heteroatoms. The van der Waals surface area contributed by atoms with Gasteiger partial charge >= 0.3 is 6.09 Å². The number of ether oxygens (including phenoxy) is 2.